The van der Waals surface area contributed by atoms with E-state index in [4.69, 9.17) is 24.1 Å². The molecular formula is C8H9F3N2O3S. The van der Waals surface area contributed by atoms with Gasteiger partial charge in [-0.3, -0.25) is 9.96 Å². The fourth-order valence-corrected chi connectivity index (χ4v) is 0.618. The minimum absolute atomic E-state index is 0.121. The van der Waals surface area contributed by atoms with Crippen molar-refractivity contribution in [3.8, 4) is 0 Å². The van der Waals surface area contributed by atoms with Gasteiger partial charge in [-0.2, -0.15) is 21.6 Å². The molecule has 0 atom stereocenters. The zero-order valence-electron chi connectivity index (χ0n) is 8.27. The van der Waals surface area contributed by atoms with Crippen LogP contribution in [0.2, 0.25) is 0 Å². The number of nitrogens with one attached hydrogen (secondary N) is 1. The molecule has 0 unspecified atom stereocenters. The predicted octanol–water partition coefficient (Wildman–Crippen LogP) is 1.36. The molecule has 0 heterocycles. The van der Waals surface area contributed by atoms with E-state index >= 15 is 0 Å². The van der Waals surface area contributed by atoms with Gasteiger partial charge in [-0.15, -0.1) is 0 Å². The number of alkyl halides is 3. The third-order valence-corrected chi connectivity index (χ3v) is 1.96. The molecule has 96 valence electrons. The van der Waals surface area contributed by atoms with Crippen LogP contribution >= 0.6 is 0 Å². The Kier molecular flexibility index (Phi) is 5.10. The summed E-state index contributed by atoms with van der Waals surface area (Å²) in [5.74, 6) is 0.121. The van der Waals surface area contributed by atoms with Crippen molar-refractivity contribution in [2.45, 2.75) is 5.51 Å². The second kappa shape index (κ2) is 5.64. The highest BCUT2D eigenvalue weighted by Gasteiger charge is 2.44. The number of halogens is 3. The van der Waals surface area contributed by atoms with Crippen LogP contribution in [-0.4, -0.2) is 24.3 Å². The van der Waals surface area contributed by atoms with Gasteiger partial charge in [0.25, 0.3) is 0 Å². The minimum atomic E-state index is -5.84. The molecule has 9 heteroatoms. The fourth-order valence-electron chi connectivity index (χ4n) is 0.618. The third-order valence-electron chi connectivity index (χ3n) is 1.38. The van der Waals surface area contributed by atoms with E-state index in [1.807, 2.05) is 30.3 Å². The average Bonchev–Trinajstić information content (AvgIpc) is 2.17. The van der Waals surface area contributed by atoms with Crippen LogP contribution in [0, 0.1) is 5.41 Å². The molecule has 0 aliphatic rings. The Labute approximate surface area is 95.3 Å². The number of rotatable bonds is 1. The Balaban J connectivity index is 0.000000304. The standard InChI is InChI=1S/C7H8N2.CHF3O3S/c8-7(9)6-4-2-1-3-5-6;2-1(3,4)8(5,6)7/h1-5H,(H3,8,9);(H,5,6,7). The van der Waals surface area contributed by atoms with Crippen molar-refractivity contribution < 1.29 is 26.1 Å². The lowest BCUT2D eigenvalue weighted by Gasteiger charge is -1.97. The molecule has 0 bridgehead atoms. The van der Waals surface area contributed by atoms with Crippen molar-refractivity contribution in [1.82, 2.24) is 0 Å². The molecule has 1 aromatic rings. The van der Waals surface area contributed by atoms with Gasteiger partial charge < -0.3 is 5.73 Å². The summed E-state index contributed by atoms with van der Waals surface area (Å²) in [6.45, 7) is 0. The van der Waals surface area contributed by atoms with E-state index in [0.29, 0.717) is 0 Å². The van der Waals surface area contributed by atoms with E-state index in [1.165, 1.54) is 0 Å². The third kappa shape index (κ3) is 5.88. The van der Waals surface area contributed by atoms with Crippen LogP contribution in [0.1, 0.15) is 5.56 Å². The zero-order chi connectivity index (χ0) is 13.7. The van der Waals surface area contributed by atoms with Crippen LogP contribution in [0.25, 0.3) is 0 Å². The second-order valence-electron chi connectivity index (χ2n) is 2.70. The molecule has 0 aliphatic carbocycles. The first kappa shape index (κ1) is 15.4. The number of nitrogens with two attached hydrogens (primary N) is 1. The monoisotopic (exact) mass is 270 g/mol. The van der Waals surface area contributed by atoms with E-state index in [1.54, 1.807) is 0 Å². The maximum absolute atomic E-state index is 10.7. The lowest BCUT2D eigenvalue weighted by atomic mass is 10.2. The molecule has 0 saturated carbocycles. The number of hydrogen-bond acceptors (Lipinski definition) is 3. The molecule has 0 radical (unpaired) electrons. The molecule has 5 nitrogen and oxygen atoms in total. The van der Waals surface area contributed by atoms with Crippen LogP contribution in [0.3, 0.4) is 0 Å². The average molecular weight is 270 g/mol. The fraction of sp³-hybridized carbons (Fsp3) is 0.125. The highest BCUT2D eigenvalue weighted by Crippen LogP contribution is 2.20. The van der Waals surface area contributed by atoms with Crippen LogP contribution in [0.4, 0.5) is 13.2 Å². The van der Waals surface area contributed by atoms with Crippen LogP contribution in [0.5, 0.6) is 0 Å². The quantitative estimate of drug-likeness (QED) is 0.310. The Bertz CT molecular complexity index is 471. The molecule has 17 heavy (non-hydrogen) atoms. The van der Waals surface area contributed by atoms with Crippen LogP contribution < -0.4 is 5.73 Å². The van der Waals surface area contributed by atoms with Crippen molar-refractivity contribution in [3.63, 3.8) is 0 Å². The minimum Gasteiger partial charge on any atom is -0.384 e. The van der Waals surface area contributed by atoms with Crippen molar-refractivity contribution in [2.75, 3.05) is 0 Å². The maximum atomic E-state index is 10.7. The molecule has 0 aromatic heterocycles. The van der Waals surface area contributed by atoms with Gasteiger partial charge in [0.05, 0.1) is 0 Å². The van der Waals surface area contributed by atoms with Gasteiger partial charge in [-0.25, -0.2) is 0 Å². The Hall–Kier alpha value is -1.61. The van der Waals surface area contributed by atoms with Gasteiger partial charge in [0.2, 0.25) is 0 Å². The molecule has 0 spiro atoms. The molecule has 0 fully saturated rings. The summed E-state index contributed by atoms with van der Waals surface area (Å²) >= 11 is 0. The number of amidine groups is 1. The van der Waals surface area contributed by atoms with Crippen molar-refractivity contribution in [3.05, 3.63) is 35.9 Å². The van der Waals surface area contributed by atoms with Gasteiger partial charge in [0.15, 0.2) is 0 Å². The van der Waals surface area contributed by atoms with Crippen LogP contribution in [-0.2, 0) is 10.1 Å². The summed E-state index contributed by atoms with van der Waals surface area (Å²) in [5.41, 5.74) is 0.438. The molecular weight excluding hydrogens is 261 g/mol. The topological polar surface area (TPSA) is 104 Å². The zero-order valence-corrected chi connectivity index (χ0v) is 9.09. The lowest BCUT2D eigenvalue weighted by Crippen LogP contribution is -2.21. The summed E-state index contributed by atoms with van der Waals surface area (Å²) in [5, 5.41) is 7.01. The Morgan fingerprint density at radius 1 is 1.24 bits per heavy atom. The van der Waals surface area contributed by atoms with Crippen molar-refractivity contribution in [2.24, 2.45) is 5.73 Å². The van der Waals surface area contributed by atoms with Crippen LogP contribution in [0.15, 0.2) is 30.3 Å². The summed E-state index contributed by atoms with van der Waals surface area (Å²) < 4.78 is 57.5. The van der Waals surface area contributed by atoms with Gasteiger partial charge >= 0.3 is 15.6 Å². The second-order valence-corrected chi connectivity index (χ2v) is 4.11. The first-order valence-electron chi connectivity index (χ1n) is 3.99. The van der Waals surface area contributed by atoms with Gasteiger partial charge in [-0.1, -0.05) is 30.3 Å². The predicted molar refractivity (Wildman–Crippen MR) is 55.1 cm³/mol. The Morgan fingerprint density at radius 3 is 1.76 bits per heavy atom. The van der Waals surface area contributed by atoms with E-state index in [0.717, 1.165) is 5.56 Å². The maximum Gasteiger partial charge on any atom is 0.522 e. The highest BCUT2D eigenvalue weighted by atomic mass is 32.2. The smallest absolute Gasteiger partial charge is 0.384 e. The van der Waals surface area contributed by atoms with Crippen molar-refractivity contribution in [1.29, 1.82) is 5.41 Å². The van der Waals surface area contributed by atoms with Crippen molar-refractivity contribution >= 4 is 16.0 Å². The number of hydrogen-bond donors (Lipinski definition) is 3. The highest BCUT2D eigenvalue weighted by molar-refractivity contribution is 7.86. The molecule has 0 amide bonds. The van der Waals surface area contributed by atoms with Gasteiger partial charge in [0, 0.05) is 5.56 Å². The number of nitrogen functional groups attached to an aromatic ring is 1. The van der Waals surface area contributed by atoms with E-state index in [2.05, 4.69) is 0 Å². The summed E-state index contributed by atoms with van der Waals surface area (Å²) in [6.07, 6.45) is 0. The SMILES string of the molecule is N=C(N)c1ccccc1.O=S(=O)(O)C(F)(F)F. The number of benzene rings is 1. The summed E-state index contributed by atoms with van der Waals surface area (Å²) in [7, 11) is -5.84. The molecule has 1 aromatic carbocycles. The molecule has 0 saturated heterocycles. The summed E-state index contributed by atoms with van der Waals surface area (Å²) in [4.78, 5) is 0. The Morgan fingerprint density at radius 2 is 1.59 bits per heavy atom. The first-order valence-corrected chi connectivity index (χ1v) is 5.43. The molecule has 4 N–H and O–H groups in total. The first-order chi connectivity index (χ1) is 7.55. The lowest BCUT2D eigenvalue weighted by molar-refractivity contribution is -0.0510. The molecule has 1 rings (SSSR count). The normalized spacial score (nSPS) is 11.3. The molecule has 0 aliphatic heterocycles. The van der Waals surface area contributed by atoms with E-state index in [9.17, 15) is 13.2 Å². The van der Waals surface area contributed by atoms with E-state index < -0.39 is 15.6 Å². The van der Waals surface area contributed by atoms with Gasteiger partial charge in [0.1, 0.15) is 5.84 Å². The largest absolute Gasteiger partial charge is 0.522 e. The summed E-state index contributed by atoms with van der Waals surface area (Å²) in [6, 6.07) is 9.23. The van der Waals surface area contributed by atoms with E-state index in [-0.39, 0.29) is 5.84 Å². The van der Waals surface area contributed by atoms with Gasteiger partial charge in [-0.05, 0) is 0 Å².